The summed E-state index contributed by atoms with van der Waals surface area (Å²) >= 11 is 0. The molecular weight excluding hydrogens is 298 g/mol. The molecule has 0 saturated carbocycles. The summed E-state index contributed by atoms with van der Waals surface area (Å²) in [7, 11) is 0. The first-order valence-corrected chi connectivity index (χ1v) is 7.47. The highest BCUT2D eigenvalue weighted by Crippen LogP contribution is 2.34. The number of aromatic amines is 1. The van der Waals surface area contributed by atoms with Crippen LogP contribution in [0.25, 0.3) is 33.4 Å². The summed E-state index contributed by atoms with van der Waals surface area (Å²) in [5.41, 5.74) is 10.9. The number of nitrogens with two attached hydrogens (primary N) is 1. The summed E-state index contributed by atoms with van der Waals surface area (Å²) in [6.45, 7) is 0. The Hall–Kier alpha value is -3.65. The molecule has 0 aliphatic rings. The van der Waals surface area contributed by atoms with Crippen LogP contribution in [0.2, 0.25) is 0 Å². The van der Waals surface area contributed by atoms with Crippen molar-refractivity contribution in [2.24, 2.45) is 0 Å². The predicted octanol–water partition coefficient (Wildman–Crippen LogP) is 3.75. The molecule has 0 saturated heterocycles. The fraction of sp³-hybridized carbons (Fsp3) is 0. The molecule has 114 valence electrons. The van der Waals surface area contributed by atoms with Crippen molar-refractivity contribution in [3.05, 3.63) is 66.2 Å². The third-order valence-corrected chi connectivity index (χ3v) is 3.93. The Morgan fingerprint density at radius 3 is 2.54 bits per heavy atom. The summed E-state index contributed by atoms with van der Waals surface area (Å²) in [5, 5.41) is 16.9. The highest BCUT2D eigenvalue weighted by molar-refractivity contribution is 6.01. The van der Waals surface area contributed by atoms with Crippen LogP contribution < -0.4 is 5.73 Å². The number of nitrogen functional groups attached to an aromatic ring is 1. The molecule has 2 aromatic carbocycles. The van der Waals surface area contributed by atoms with Gasteiger partial charge in [0.2, 0.25) is 0 Å². The van der Waals surface area contributed by atoms with Gasteiger partial charge in [-0.3, -0.25) is 5.10 Å². The van der Waals surface area contributed by atoms with E-state index in [4.69, 9.17) is 11.0 Å². The molecule has 0 aliphatic carbocycles. The van der Waals surface area contributed by atoms with E-state index in [1.54, 1.807) is 6.07 Å². The lowest BCUT2D eigenvalue weighted by molar-refractivity contribution is 1.11. The molecule has 4 aromatic rings. The van der Waals surface area contributed by atoms with Gasteiger partial charge in [0.1, 0.15) is 0 Å². The monoisotopic (exact) mass is 311 g/mol. The Morgan fingerprint density at radius 1 is 0.958 bits per heavy atom. The fourth-order valence-electron chi connectivity index (χ4n) is 2.80. The molecule has 0 spiro atoms. The topological polar surface area (TPSA) is 91.4 Å². The Morgan fingerprint density at radius 2 is 1.75 bits per heavy atom. The largest absolute Gasteiger partial charge is 0.382 e. The first-order valence-electron chi connectivity index (χ1n) is 7.47. The van der Waals surface area contributed by atoms with Gasteiger partial charge in [-0.05, 0) is 29.3 Å². The maximum atomic E-state index is 9.11. The van der Waals surface area contributed by atoms with Crippen molar-refractivity contribution in [3.8, 4) is 28.5 Å². The van der Waals surface area contributed by atoms with E-state index in [1.165, 1.54) is 0 Å². The molecule has 2 heterocycles. The maximum Gasteiger partial charge on any atom is 0.158 e. The van der Waals surface area contributed by atoms with Crippen LogP contribution in [0.1, 0.15) is 5.56 Å². The van der Waals surface area contributed by atoms with Gasteiger partial charge in [0.05, 0.1) is 22.7 Å². The number of fused-ring (bicyclic) bond motifs is 1. The number of benzene rings is 2. The molecule has 0 unspecified atom stereocenters. The highest BCUT2D eigenvalue weighted by Gasteiger charge is 2.14. The average molecular weight is 311 g/mol. The van der Waals surface area contributed by atoms with Crippen molar-refractivity contribution in [3.63, 3.8) is 0 Å². The Balaban J connectivity index is 2.00. The number of anilines is 1. The Kier molecular flexibility index (Phi) is 3.22. The average Bonchev–Trinajstić information content (AvgIpc) is 3.03. The number of pyridine rings is 1. The van der Waals surface area contributed by atoms with E-state index in [9.17, 15) is 0 Å². The van der Waals surface area contributed by atoms with Crippen LogP contribution in [0.3, 0.4) is 0 Å². The summed E-state index contributed by atoms with van der Waals surface area (Å²) in [6, 6.07) is 21.5. The highest BCUT2D eigenvalue weighted by atomic mass is 15.2. The van der Waals surface area contributed by atoms with E-state index in [0.29, 0.717) is 17.0 Å². The van der Waals surface area contributed by atoms with E-state index < -0.39 is 0 Å². The molecule has 0 radical (unpaired) electrons. The van der Waals surface area contributed by atoms with Gasteiger partial charge in [0, 0.05) is 5.56 Å². The van der Waals surface area contributed by atoms with E-state index in [-0.39, 0.29) is 0 Å². The fourth-order valence-corrected chi connectivity index (χ4v) is 2.80. The third kappa shape index (κ3) is 2.27. The second-order valence-electron chi connectivity index (χ2n) is 5.45. The molecule has 5 nitrogen and oxygen atoms in total. The van der Waals surface area contributed by atoms with Gasteiger partial charge in [-0.2, -0.15) is 10.4 Å². The number of hydrogen-bond acceptors (Lipinski definition) is 4. The number of nitrogens with one attached hydrogen (secondary N) is 1. The van der Waals surface area contributed by atoms with Gasteiger partial charge >= 0.3 is 0 Å². The SMILES string of the molecule is N#Cc1cccc(-c2cc(-c3ccccc3)c3c(N)n[nH]c3n2)c1. The number of nitriles is 1. The number of aromatic nitrogens is 3. The molecule has 24 heavy (non-hydrogen) atoms. The van der Waals surface area contributed by atoms with Crippen molar-refractivity contribution in [1.82, 2.24) is 15.2 Å². The first kappa shape index (κ1) is 14.0. The third-order valence-electron chi connectivity index (χ3n) is 3.93. The summed E-state index contributed by atoms with van der Waals surface area (Å²) in [4.78, 5) is 4.62. The zero-order chi connectivity index (χ0) is 16.5. The van der Waals surface area contributed by atoms with Crippen molar-refractivity contribution in [2.45, 2.75) is 0 Å². The number of rotatable bonds is 2. The normalized spacial score (nSPS) is 10.6. The zero-order valence-electron chi connectivity index (χ0n) is 12.7. The maximum absolute atomic E-state index is 9.11. The minimum atomic E-state index is 0.425. The van der Waals surface area contributed by atoms with Crippen LogP contribution in [0.15, 0.2) is 60.7 Å². The quantitative estimate of drug-likeness (QED) is 0.590. The van der Waals surface area contributed by atoms with E-state index in [1.807, 2.05) is 54.6 Å². The molecular formula is C19H13N5. The van der Waals surface area contributed by atoms with Crippen LogP contribution in [-0.2, 0) is 0 Å². The predicted molar refractivity (Wildman–Crippen MR) is 93.9 cm³/mol. The van der Waals surface area contributed by atoms with Crippen LogP contribution >= 0.6 is 0 Å². The van der Waals surface area contributed by atoms with E-state index >= 15 is 0 Å². The van der Waals surface area contributed by atoms with Crippen molar-refractivity contribution >= 4 is 16.9 Å². The number of nitrogens with zero attached hydrogens (tertiary/aromatic N) is 3. The molecule has 0 aliphatic heterocycles. The van der Waals surface area contributed by atoms with Crippen molar-refractivity contribution < 1.29 is 0 Å². The van der Waals surface area contributed by atoms with Crippen molar-refractivity contribution in [2.75, 3.05) is 5.73 Å². The lowest BCUT2D eigenvalue weighted by Gasteiger charge is -2.08. The lowest BCUT2D eigenvalue weighted by atomic mass is 9.99. The van der Waals surface area contributed by atoms with Gasteiger partial charge in [0.25, 0.3) is 0 Å². The second-order valence-corrected chi connectivity index (χ2v) is 5.45. The zero-order valence-corrected chi connectivity index (χ0v) is 12.7. The van der Waals surface area contributed by atoms with E-state index in [2.05, 4.69) is 21.3 Å². The van der Waals surface area contributed by atoms with Crippen molar-refractivity contribution in [1.29, 1.82) is 5.26 Å². The van der Waals surface area contributed by atoms with Gasteiger partial charge in [-0.25, -0.2) is 4.98 Å². The standard InChI is InChI=1S/C19H13N5/c20-11-12-5-4-8-14(9-12)16-10-15(13-6-2-1-3-7-13)17-18(21)23-24-19(17)22-16/h1-10H,(H3,21,22,23,24). The van der Waals surface area contributed by atoms with Crippen LogP contribution in [-0.4, -0.2) is 15.2 Å². The minimum absolute atomic E-state index is 0.425. The summed E-state index contributed by atoms with van der Waals surface area (Å²) < 4.78 is 0. The van der Waals surface area contributed by atoms with E-state index in [0.717, 1.165) is 27.8 Å². The van der Waals surface area contributed by atoms with Gasteiger partial charge in [-0.1, -0.05) is 42.5 Å². The molecule has 3 N–H and O–H groups in total. The summed E-state index contributed by atoms with van der Waals surface area (Å²) in [6.07, 6.45) is 0. The molecule has 0 bridgehead atoms. The molecule has 0 amide bonds. The minimum Gasteiger partial charge on any atom is -0.382 e. The summed E-state index contributed by atoms with van der Waals surface area (Å²) in [5.74, 6) is 0.425. The lowest BCUT2D eigenvalue weighted by Crippen LogP contribution is -1.91. The molecule has 0 fully saturated rings. The van der Waals surface area contributed by atoms with Gasteiger partial charge in [0.15, 0.2) is 11.5 Å². The molecule has 4 rings (SSSR count). The first-order chi connectivity index (χ1) is 11.8. The number of hydrogen-bond donors (Lipinski definition) is 2. The molecule has 5 heteroatoms. The number of H-pyrrole nitrogens is 1. The van der Waals surface area contributed by atoms with Crippen LogP contribution in [0.4, 0.5) is 5.82 Å². The Bertz CT molecular complexity index is 1070. The van der Waals surface area contributed by atoms with Crippen LogP contribution in [0, 0.1) is 11.3 Å². The molecule has 0 atom stereocenters. The van der Waals surface area contributed by atoms with Crippen LogP contribution in [0.5, 0.6) is 0 Å². The Labute approximate surface area is 138 Å². The second kappa shape index (κ2) is 5.52. The smallest absolute Gasteiger partial charge is 0.158 e. The van der Waals surface area contributed by atoms with Gasteiger partial charge < -0.3 is 5.73 Å². The molecule has 2 aromatic heterocycles. The van der Waals surface area contributed by atoms with Gasteiger partial charge in [-0.15, -0.1) is 0 Å².